The summed E-state index contributed by atoms with van der Waals surface area (Å²) in [6.45, 7) is 3.82. The third-order valence-corrected chi connectivity index (χ3v) is 2.41. The van der Waals surface area contributed by atoms with Crippen LogP contribution in [0.2, 0.25) is 0 Å². The standard InChI is InChI=1S/C11H14O2/c1-7-3-5-9(6-4-7)11-10(13-11)8(2)12/h3-6,8,10-12H,1-2H3/t8-,10-,11-/m0/s1. The van der Waals surface area contributed by atoms with Crippen LogP contribution in [0.25, 0.3) is 0 Å². The van der Waals surface area contributed by atoms with Crippen molar-refractivity contribution in [2.24, 2.45) is 0 Å². The first-order valence-electron chi connectivity index (χ1n) is 4.58. The van der Waals surface area contributed by atoms with Gasteiger partial charge in [-0.2, -0.15) is 0 Å². The van der Waals surface area contributed by atoms with Crippen LogP contribution in [-0.4, -0.2) is 17.3 Å². The second kappa shape index (κ2) is 3.13. The third kappa shape index (κ3) is 1.74. The molecule has 0 aliphatic carbocycles. The summed E-state index contributed by atoms with van der Waals surface area (Å²) < 4.78 is 5.35. The third-order valence-electron chi connectivity index (χ3n) is 2.41. The Kier molecular flexibility index (Phi) is 2.10. The fourth-order valence-electron chi connectivity index (χ4n) is 1.51. The summed E-state index contributed by atoms with van der Waals surface area (Å²) in [7, 11) is 0. The van der Waals surface area contributed by atoms with Gasteiger partial charge >= 0.3 is 0 Å². The van der Waals surface area contributed by atoms with Crippen LogP contribution in [0.3, 0.4) is 0 Å². The minimum atomic E-state index is -0.369. The molecule has 0 unspecified atom stereocenters. The highest BCUT2D eigenvalue weighted by molar-refractivity contribution is 5.26. The van der Waals surface area contributed by atoms with E-state index >= 15 is 0 Å². The van der Waals surface area contributed by atoms with Crippen LogP contribution in [0.4, 0.5) is 0 Å². The van der Waals surface area contributed by atoms with Crippen LogP contribution in [0.5, 0.6) is 0 Å². The minimum Gasteiger partial charge on any atom is -0.391 e. The molecular weight excluding hydrogens is 164 g/mol. The second-order valence-corrected chi connectivity index (χ2v) is 3.67. The van der Waals surface area contributed by atoms with E-state index in [1.54, 1.807) is 6.92 Å². The molecule has 1 N–H and O–H groups in total. The maximum Gasteiger partial charge on any atom is 0.114 e. The Hall–Kier alpha value is -0.860. The van der Waals surface area contributed by atoms with E-state index in [-0.39, 0.29) is 18.3 Å². The van der Waals surface area contributed by atoms with Gasteiger partial charge in [0.25, 0.3) is 0 Å². The fourth-order valence-corrected chi connectivity index (χ4v) is 1.51. The Morgan fingerprint density at radius 1 is 1.31 bits per heavy atom. The molecule has 1 aromatic carbocycles. The lowest BCUT2D eigenvalue weighted by Crippen LogP contribution is -2.09. The lowest BCUT2D eigenvalue weighted by molar-refractivity contribution is 0.152. The second-order valence-electron chi connectivity index (χ2n) is 3.67. The molecule has 1 heterocycles. The Morgan fingerprint density at radius 3 is 2.38 bits per heavy atom. The van der Waals surface area contributed by atoms with Crippen LogP contribution >= 0.6 is 0 Å². The number of hydrogen-bond donors (Lipinski definition) is 1. The maximum atomic E-state index is 9.25. The summed E-state index contributed by atoms with van der Waals surface area (Å²) in [5.41, 5.74) is 2.41. The summed E-state index contributed by atoms with van der Waals surface area (Å²) in [5.74, 6) is 0. The lowest BCUT2D eigenvalue weighted by atomic mass is 10.1. The molecule has 1 aliphatic heterocycles. The van der Waals surface area contributed by atoms with Gasteiger partial charge in [-0.25, -0.2) is 0 Å². The molecule has 0 bridgehead atoms. The van der Waals surface area contributed by atoms with E-state index in [4.69, 9.17) is 4.74 Å². The highest BCUT2D eigenvalue weighted by atomic mass is 16.6. The van der Waals surface area contributed by atoms with Crippen LogP contribution in [0.1, 0.15) is 24.2 Å². The zero-order valence-corrected chi connectivity index (χ0v) is 7.90. The van der Waals surface area contributed by atoms with Gasteiger partial charge in [0, 0.05) is 0 Å². The topological polar surface area (TPSA) is 32.8 Å². The first kappa shape index (κ1) is 8.73. The van der Waals surface area contributed by atoms with Gasteiger partial charge in [0.2, 0.25) is 0 Å². The average molecular weight is 178 g/mol. The van der Waals surface area contributed by atoms with Gasteiger partial charge in [0.15, 0.2) is 0 Å². The number of aliphatic hydroxyl groups excluding tert-OH is 1. The Bertz CT molecular complexity index is 289. The predicted molar refractivity (Wildman–Crippen MR) is 50.5 cm³/mol. The number of benzene rings is 1. The molecule has 0 radical (unpaired) electrons. The summed E-state index contributed by atoms with van der Waals surface area (Å²) in [4.78, 5) is 0. The Labute approximate surface area is 78.2 Å². The van der Waals surface area contributed by atoms with E-state index in [9.17, 15) is 5.11 Å². The Morgan fingerprint density at radius 2 is 1.92 bits per heavy atom. The van der Waals surface area contributed by atoms with Crippen molar-refractivity contribution in [2.75, 3.05) is 0 Å². The van der Waals surface area contributed by atoms with E-state index in [1.807, 2.05) is 0 Å². The number of rotatable bonds is 2. The summed E-state index contributed by atoms with van der Waals surface area (Å²) in [6, 6.07) is 8.25. The van der Waals surface area contributed by atoms with Crippen LogP contribution in [0, 0.1) is 6.92 Å². The molecule has 2 rings (SSSR count). The quantitative estimate of drug-likeness (QED) is 0.700. The van der Waals surface area contributed by atoms with Crippen molar-refractivity contribution in [3.05, 3.63) is 35.4 Å². The number of aryl methyl sites for hydroxylation is 1. The molecule has 70 valence electrons. The molecule has 1 saturated heterocycles. The van der Waals surface area contributed by atoms with Crippen molar-refractivity contribution in [1.82, 2.24) is 0 Å². The summed E-state index contributed by atoms with van der Waals surface area (Å²) in [6.07, 6.45) is -0.255. The summed E-state index contributed by atoms with van der Waals surface area (Å²) >= 11 is 0. The molecule has 1 aliphatic rings. The van der Waals surface area contributed by atoms with Gasteiger partial charge in [-0.05, 0) is 19.4 Å². The zero-order valence-electron chi connectivity index (χ0n) is 7.90. The highest BCUT2D eigenvalue weighted by Crippen LogP contribution is 2.40. The molecular formula is C11H14O2. The monoisotopic (exact) mass is 178 g/mol. The van der Waals surface area contributed by atoms with E-state index < -0.39 is 0 Å². The average Bonchev–Trinajstić information content (AvgIpc) is 2.85. The van der Waals surface area contributed by atoms with Crippen LogP contribution in [-0.2, 0) is 4.74 Å². The highest BCUT2D eigenvalue weighted by Gasteiger charge is 2.43. The van der Waals surface area contributed by atoms with E-state index in [2.05, 4.69) is 31.2 Å². The fraction of sp³-hybridized carbons (Fsp3) is 0.455. The van der Waals surface area contributed by atoms with Gasteiger partial charge in [0.05, 0.1) is 6.10 Å². The van der Waals surface area contributed by atoms with Crippen molar-refractivity contribution >= 4 is 0 Å². The number of aliphatic hydroxyl groups is 1. The SMILES string of the molecule is Cc1ccc([C@@H]2O[C@H]2[C@H](C)O)cc1. The van der Waals surface area contributed by atoms with Gasteiger partial charge in [-0.3, -0.25) is 0 Å². The van der Waals surface area contributed by atoms with Crippen molar-refractivity contribution in [2.45, 2.75) is 32.2 Å². The Balaban J connectivity index is 2.08. The molecule has 2 heteroatoms. The maximum absolute atomic E-state index is 9.25. The lowest BCUT2D eigenvalue weighted by Gasteiger charge is -1.98. The van der Waals surface area contributed by atoms with E-state index in [1.165, 1.54) is 5.56 Å². The molecule has 0 aromatic heterocycles. The van der Waals surface area contributed by atoms with Gasteiger partial charge in [-0.15, -0.1) is 0 Å². The molecule has 13 heavy (non-hydrogen) atoms. The largest absolute Gasteiger partial charge is 0.391 e. The zero-order chi connectivity index (χ0) is 9.42. The number of epoxide rings is 1. The van der Waals surface area contributed by atoms with Crippen LogP contribution in [0.15, 0.2) is 24.3 Å². The van der Waals surface area contributed by atoms with Crippen molar-refractivity contribution in [3.8, 4) is 0 Å². The molecule has 0 saturated carbocycles. The first-order chi connectivity index (χ1) is 6.18. The molecule has 1 aromatic rings. The normalized spacial score (nSPS) is 28.5. The minimum absolute atomic E-state index is 0.00251. The number of hydrogen-bond acceptors (Lipinski definition) is 2. The van der Waals surface area contributed by atoms with Crippen LogP contribution < -0.4 is 0 Å². The molecule has 3 atom stereocenters. The van der Waals surface area contributed by atoms with Crippen molar-refractivity contribution in [3.63, 3.8) is 0 Å². The first-order valence-corrected chi connectivity index (χ1v) is 4.58. The smallest absolute Gasteiger partial charge is 0.114 e. The van der Waals surface area contributed by atoms with Gasteiger partial charge in [-0.1, -0.05) is 29.8 Å². The molecule has 0 amide bonds. The van der Waals surface area contributed by atoms with Gasteiger partial charge < -0.3 is 9.84 Å². The molecule has 0 spiro atoms. The molecule has 1 fully saturated rings. The van der Waals surface area contributed by atoms with E-state index in [0.29, 0.717) is 0 Å². The van der Waals surface area contributed by atoms with E-state index in [0.717, 1.165) is 5.56 Å². The van der Waals surface area contributed by atoms with Crippen molar-refractivity contribution in [1.29, 1.82) is 0 Å². The summed E-state index contributed by atoms with van der Waals surface area (Å²) in [5, 5.41) is 9.25. The van der Waals surface area contributed by atoms with Crippen molar-refractivity contribution < 1.29 is 9.84 Å². The van der Waals surface area contributed by atoms with Gasteiger partial charge in [0.1, 0.15) is 12.2 Å². The number of ether oxygens (including phenoxy) is 1. The predicted octanol–water partition coefficient (Wildman–Crippen LogP) is 1.82. The molecule has 2 nitrogen and oxygen atoms in total.